The van der Waals surface area contributed by atoms with Crippen molar-refractivity contribution in [1.29, 1.82) is 0 Å². The molecule has 0 spiro atoms. The van der Waals surface area contributed by atoms with Crippen molar-refractivity contribution in [3.63, 3.8) is 0 Å². The summed E-state index contributed by atoms with van der Waals surface area (Å²) in [7, 11) is 0. The lowest BCUT2D eigenvalue weighted by Crippen LogP contribution is -2.27. The second kappa shape index (κ2) is 6.67. The molecule has 0 unspecified atom stereocenters. The minimum atomic E-state index is -0.634. The van der Waals surface area contributed by atoms with Crippen LogP contribution < -0.4 is 5.32 Å². The van der Waals surface area contributed by atoms with Gasteiger partial charge in [-0.15, -0.1) is 0 Å². The highest BCUT2D eigenvalue weighted by atomic mass is 19.1. The minimum absolute atomic E-state index is 0.169. The number of carbonyl (C=O) groups is 1. The van der Waals surface area contributed by atoms with E-state index in [0.717, 1.165) is 24.3 Å². The first kappa shape index (κ1) is 16.8. The maximum atomic E-state index is 14.2. The van der Waals surface area contributed by atoms with Crippen LogP contribution in [0.5, 0.6) is 0 Å². The Labute approximate surface area is 132 Å². The van der Waals surface area contributed by atoms with Crippen LogP contribution in [0.1, 0.15) is 64.9 Å². The van der Waals surface area contributed by atoms with Crippen molar-refractivity contribution in [3.05, 3.63) is 29.6 Å². The quantitative estimate of drug-likeness (QED) is 0.787. The van der Waals surface area contributed by atoms with Crippen molar-refractivity contribution in [3.8, 4) is 0 Å². The number of amides is 1. The van der Waals surface area contributed by atoms with E-state index >= 15 is 0 Å². The molecule has 1 aliphatic rings. The highest BCUT2D eigenvalue weighted by Gasteiger charge is 2.21. The van der Waals surface area contributed by atoms with E-state index in [0.29, 0.717) is 5.92 Å². The second-order valence-electron chi connectivity index (χ2n) is 7.32. The highest BCUT2D eigenvalue weighted by molar-refractivity contribution is 5.85. The molecule has 0 saturated heterocycles. The van der Waals surface area contributed by atoms with Crippen LogP contribution in [0.3, 0.4) is 0 Å². The van der Waals surface area contributed by atoms with Crippen LogP contribution in [0.25, 0.3) is 0 Å². The maximum absolute atomic E-state index is 14.2. The third-order valence-electron chi connectivity index (χ3n) is 4.12. The fourth-order valence-electron chi connectivity index (χ4n) is 2.89. The van der Waals surface area contributed by atoms with E-state index in [9.17, 15) is 9.18 Å². The van der Waals surface area contributed by atoms with Crippen LogP contribution in [0.2, 0.25) is 0 Å². The molecule has 3 nitrogen and oxygen atoms in total. The van der Waals surface area contributed by atoms with Crippen molar-refractivity contribution < 1.29 is 13.9 Å². The Kier molecular flexibility index (Phi) is 5.09. The molecule has 1 aromatic carbocycles. The number of halogens is 1. The SMILES string of the molecule is CC1CCC(c2ccc(NC(=O)OC(C)(C)C)c(F)c2)CC1. The minimum Gasteiger partial charge on any atom is -0.444 e. The van der Waals surface area contributed by atoms with Crippen molar-refractivity contribution in [1.82, 2.24) is 0 Å². The monoisotopic (exact) mass is 307 g/mol. The van der Waals surface area contributed by atoms with Gasteiger partial charge in [-0.25, -0.2) is 9.18 Å². The van der Waals surface area contributed by atoms with Crippen molar-refractivity contribution >= 4 is 11.8 Å². The predicted molar refractivity (Wildman–Crippen MR) is 86.6 cm³/mol. The van der Waals surface area contributed by atoms with Gasteiger partial charge in [0.1, 0.15) is 11.4 Å². The van der Waals surface area contributed by atoms with Gasteiger partial charge in [-0.1, -0.05) is 25.8 Å². The normalized spacial score (nSPS) is 22.2. The molecule has 1 aromatic rings. The predicted octanol–water partition coefficient (Wildman–Crippen LogP) is 5.47. The van der Waals surface area contributed by atoms with Gasteiger partial charge in [0.25, 0.3) is 0 Å². The van der Waals surface area contributed by atoms with Gasteiger partial charge in [0.15, 0.2) is 0 Å². The number of ether oxygens (including phenoxy) is 1. The third-order valence-corrected chi connectivity index (χ3v) is 4.12. The van der Waals surface area contributed by atoms with Crippen LogP contribution in [0, 0.1) is 11.7 Å². The van der Waals surface area contributed by atoms with E-state index in [2.05, 4.69) is 12.2 Å². The summed E-state index contributed by atoms with van der Waals surface area (Å²) in [5.41, 5.74) is 0.598. The lowest BCUT2D eigenvalue weighted by molar-refractivity contribution is 0.0635. The van der Waals surface area contributed by atoms with Gasteiger partial charge in [-0.05, 0) is 63.1 Å². The van der Waals surface area contributed by atoms with Crippen LogP contribution in [0.15, 0.2) is 18.2 Å². The summed E-state index contributed by atoms with van der Waals surface area (Å²) in [5.74, 6) is 0.803. The number of carbonyl (C=O) groups excluding carboxylic acids is 1. The first-order valence-corrected chi connectivity index (χ1v) is 8.04. The second-order valence-corrected chi connectivity index (χ2v) is 7.32. The Morgan fingerprint density at radius 3 is 2.41 bits per heavy atom. The summed E-state index contributed by atoms with van der Waals surface area (Å²) >= 11 is 0. The Morgan fingerprint density at radius 1 is 1.23 bits per heavy atom. The molecule has 1 aliphatic carbocycles. The average molecular weight is 307 g/mol. The van der Waals surface area contributed by atoms with Crippen molar-refractivity contribution in [2.75, 3.05) is 5.32 Å². The molecule has 1 amide bonds. The maximum Gasteiger partial charge on any atom is 0.412 e. The fourth-order valence-corrected chi connectivity index (χ4v) is 2.89. The van der Waals surface area contributed by atoms with Gasteiger partial charge in [-0.2, -0.15) is 0 Å². The molecule has 0 heterocycles. The topological polar surface area (TPSA) is 38.3 Å². The van der Waals surface area contributed by atoms with Crippen LogP contribution in [-0.4, -0.2) is 11.7 Å². The number of rotatable bonds is 2. The molecule has 1 N–H and O–H groups in total. The molecule has 1 fully saturated rings. The van der Waals surface area contributed by atoms with Crippen molar-refractivity contribution in [2.45, 2.75) is 64.9 Å². The van der Waals surface area contributed by atoms with E-state index in [1.807, 2.05) is 6.07 Å². The first-order chi connectivity index (χ1) is 10.2. The van der Waals surface area contributed by atoms with Gasteiger partial charge < -0.3 is 4.74 Å². The van der Waals surface area contributed by atoms with Gasteiger partial charge in [-0.3, -0.25) is 5.32 Å². The molecular weight excluding hydrogens is 281 g/mol. The molecule has 0 atom stereocenters. The molecule has 22 heavy (non-hydrogen) atoms. The van der Waals surface area contributed by atoms with E-state index in [-0.39, 0.29) is 5.69 Å². The Hall–Kier alpha value is -1.58. The summed E-state index contributed by atoms with van der Waals surface area (Å²) in [6, 6.07) is 5.09. The summed E-state index contributed by atoms with van der Waals surface area (Å²) in [6.07, 6.45) is 3.98. The Balaban J connectivity index is 2.02. The summed E-state index contributed by atoms with van der Waals surface area (Å²) in [4.78, 5) is 11.7. The molecule has 2 rings (SSSR count). The smallest absolute Gasteiger partial charge is 0.412 e. The van der Waals surface area contributed by atoms with E-state index in [4.69, 9.17) is 4.74 Å². The number of benzene rings is 1. The Morgan fingerprint density at radius 2 is 1.86 bits per heavy atom. The largest absolute Gasteiger partial charge is 0.444 e. The number of anilines is 1. The van der Waals surface area contributed by atoms with Gasteiger partial charge >= 0.3 is 6.09 Å². The summed E-state index contributed by atoms with van der Waals surface area (Å²) in [6.45, 7) is 7.59. The van der Waals surface area contributed by atoms with Crippen LogP contribution in [-0.2, 0) is 4.74 Å². The molecule has 0 bridgehead atoms. The van der Waals surface area contributed by atoms with Crippen molar-refractivity contribution in [2.24, 2.45) is 5.92 Å². The molecule has 0 aliphatic heterocycles. The zero-order valence-electron chi connectivity index (χ0n) is 13.9. The fraction of sp³-hybridized carbons (Fsp3) is 0.611. The molecule has 122 valence electrons. The van der Waals surface area contributed by atoms with Gasteiger partial charge in [0.05, 0.1) is 5.69 Å². The van der Waals surface area contributed by atoms with Crippen LogP contribution in [0.4, 0.5) is 14.9 Å². The van der Waals surface area contributed by atoms with E-state index in [1.54, 1.807) is 32.9 Å². The lowest BCUT2D eigenvalue weighted by Gasteiger charge is -2.26. The summed E-state index contributed by atoms with van der Waals surface area (Å²) < 4.78 is 19.3. The lowest BCUT2D eigenvalue weighted by atomic mass is 9.79. The highest BCUT2D eigenvalue weighted by Crippen LogP contribution is 2.36. The summed E-state index contributed by atoms with van der Waals surface area (Å²) in [5, 5.41) is 2.47. The Bertz CT molecular complexity index is 528. The van der Waals surface area contributed by atoms with E-state index < -0.39 is 17.5 Å². The molecule has 4 heteroatoms. The molecule has 0 radical (unpaired) electrons. The average Bonchev–Trinajstić information content (AvgIpc) is 2.40. The van der Waals surface area contributed by atoms with Gasteiger partial charge in [0.2, 0.25) is 0 Å². The first-order valence-electron chi connectivity index (χ1n) is 8.04. The number of nitrogens with one attached hydrogen (secondary N) is 1. The third kappa shape index (κ3) is 4.72. The molecule has 0 aromatic heterocycles. The molecule has 1 saturated carbocycles. The zero-order valence-corrected chi connectivity index (χ0v) is 13.9. The molecular formula is C18H26FNO2. The van der Waals surface area contributed by atoms with Gasteiger partial charge in [0, 0.05) is 0 Å². The zero-order chi connectivity index (χ0) is 16.3. The van der Waals surface area contributed by atoms with E-state index in [1.165, 1.54) is 12.8 Å². The number of hydrogen-bond acceptors (Lipinski definition) is 2. The standard InChI is InChI=1S/C18H26FNO2/c1-12-5-7-13(8-6-12)14-9-10-16(15(19)11-14)20-17(21)22-18(2,3)4/h9-13H,5-8H2,1-4H3,(H,20,21). The number of hydrogen-bond donors (Lipinski definition) is 1. The van der Waals surface area contributed by atoms with Crippen LogP contribution >= 0.6 is 0 Å².